The average molecular weight is 364 g/mol. The SMILES string of the molecule is CCOc1ccccc1CNC(=NC)NCc1cccc(N2CC=CC2)c1. The van der Waals surface area contributed by atoms with Crippen LogP contribution in [-0.4, -0.2) is 32.7 Å². The van der Waals surface area contributed by atoms with E-state index in [0.717, 1.165) is 36.9 Å². The van der Waals surface area contributed by atoms with Crippen LogP contribution in [0.4, 0.5) is 5.69 Å². The molecule has 0 aliphatic carbocycles. The summed E-state index contributed by atoms with van der Waals surface area (Å²) >= 11 is 0. The van der Waals surface area contributed by atoms with Crippen LogP contribution in [0, 0.1) is 0 Å². The van der Waals surface area contributed by atoms with Gasteiger partial charge in [0.05, 0.1) is 6.61 Å². The first-order valence-corrected chi connectivity index (χ1v) is 9.44. The fourth-order valence-corrected chi connectivity index (χ4v) is 3.08. The van der Waals surface area contributed by atoms with Gasteiger partial charge < -0.3 is 20.3 Å². The Hall–Kier alpha value is -2.95. The lowest BCUT2D eigenvalue weighted by Crippen LogP contribution is -2.36. The molecule has 1 aliphatic rings. The molecule has 0 saturated carbocycles. The van der Waals surface area contributed by atoms with Crippen LogP contribution >= 0.6 is 0 Å². The molecule has 0 spiro atoms. The van der Waals surface area contributed by atoms with Gasteiger partial charge in [-0.2, -0.15) is 0 Å². The molecular formula is C22H28N4O. The van der Waals surface area contributed by atoms with Crippen LogP contribution in [0.25, 0.3) is 0 Å². The van der Waals surface area contributed by atoms with Gasteiger partial charge in [0.15, 0.2) is 5.96 Å². The largest absolute Gasteiger partial charge is 0.494 e. The zero-order valence-corrected chi connectivity index (χ0v) is 16.1. The van der Waals surface area contributed by atoms with Crippen molar-refractivity contribution >= 4 is 11.6 Å². The Balaban J connectivity index is 1.55. The van der Waals surface area contributed by atoms with Crippen molar-refractivity contribution in [1.82, 2.24) is 10.6 Å². The van der Waals surface area contributed by atoms with Crippen molar-refractivity contribution in [3.8, 4) is 5.75 Å². The van der Waals surface area contributed by atoms with Crippen molar-refractivity contribution in [3.63, 3.8) is 0 Å². The van der Waals surface area contributed by atoms with E-state index in [4.69, 9.17) is 4.74 Å². The molecule has 0 radical (unpaired) electrons. The zero-order valence-electron chi connectivity index (χ0n) is 16.1. The molecule has 5 nitrogen and oxygen atoms in total. The molecule has 27 heavy (non-hydrogen) atoms. The molecule has 2 aromatic carbocycles. The summed E-state index contributed by atoms with van der Waals surface area (Å²) in [5.41, 5.74) is 3.61. The van der Waals surface area contributed by atoms with Gasteiger partial charge in [0.25, 0.3) is 0 Å². The fraction of sp³-hybridized carbons (Fsp3) is 0.318. The summed E-state index contributed by atoms with van der Waals surface area (Å²) < 4.78 is 5.68. The van der Waals surface area contributed by atoms with E-state index in [9.17, 15) is 0 Å². The Morgan fingerprint density at radius 2 is 1.81 bits per heavy atom. The first-order chi connectivity index (χ1) is 13.3. The lowest BCUT2D eigenvalue weighted by atomic mass is 10.2. The van der Waals surface area contributed by atoms with Gasteiger partial charge in [0, 0.05) is 44.5 Å². The average Bonchev–Trinajstić information content (AvgIpc) is 3.25. The molecule has 0 aromatic heterocycles. The van der Waals surface area contributed by atoms with Crippen molar-refractivity contribution in [1.29, 1.82) is 0 Å². The van der Waals surface area contributed by atoms with Gasteiger partial charge in [-0.15, -0.1) is 0 Å². The minimum atomic E-state index is 0.660. The molecule has 0 amide bonds. The van der Waals surface area contributed by atoms with Crippen LogP contribution in [-0.2, 0) is 13.1 Å². The van der Waals surface area contributed by atoms with Gasteiger partial charge in [0.1, 0.15) is 5.75 Å². The molecule has 5 heteroatoms. The number of rotatable bonds is 7. The van der Waals surface area contributed by atoms with E-state index in [2.05, 4.69) is 63.0 Å². The second kappa shape index (κ2) is 9.67. The third-order valence-electron chi connectivity index (χ3n) is 4.50. The number of benzene rings is 2. The summed E-state index contributed by atoms with van der Waals surface area (Å²) in [6, 6.07) is 16.7. The Labute approximate surface area is 161 Å². The van der Waals surface area contributed by atoms with Gasteiger partial charge in [-0.05, 0) is 30.7 Å². The Bertz CT molecular complexity index is 792. The number of hydrogen-bond donors (Lipinski definition) is 2. The monoisotopic (exact) mass is 364 g/mol. The van der Waals surface area contributed by atoms with E-state index in [1.54, 1.807) is 7.05 Å². The predicted octanol–water partition coefficient (Wildman–Crippen LogP) is 3.33. The topological polar surface area (TPSA) is 48.9 Å². The smallest absolute Gasteiger partial charge is 0.191 e. The highest BCUT2D eigenvalue weighted by atomic mass is 16.5. The molecular weight excluding hydrogens is 336 g/mol. The van der Waals surface area contributed by atoms with E-state index >= 15 is 0 Å². The maximum Gasteiger partial charge on any atom is 0.191 e. The van der Waals surface area contributed by atoms with Crippen LogP contribution in [0.5, 0.6) is 5.75 Å². The Morgan fingerprint density at radius 1 is 1.04 bits per heavy atom. The molecule has 3 rings (SSSR count). The third-order valence-corrected chi connectivity index (χ3v) is 4.50. The van der Waals surface area contributed by atoms with Gasteiger partial charge in [-0.3, -0.25) is 4.99 Å². The van der Waals surface area contributed by atoms with E-state index in [0.29, 0.717) is 13.2 Å². The molecule has 0 atom stereocenters. The first kappa shape index (κ1) is 18.8. The van der Waals surface area contributed by atoms with Gasteiger partial charge in [-0.1, -0.05) is 42.5 Å². The van der Waals surface area contributed by atoms with Crippen molar-refractivity contribution in [3.05, 3.63) is 71.8 Å². The molecule has 142 valence electrons. The van der Waals surface area contributed by atoms with Crippen molar-refractivity contribution in [2.75, 3.05) is 31.6 Å². The van der Waals surface area contributed by atoms with E-state index in [1.165, 1.54) is 11.3 Å². The molecule has 2 N–H and O–H groups in total. The molecule has 0 unspecified atom stereocenters. The Kier molecular flexibility index (Phi) is 6.74. The maximum atomic E-state index is 5.68. The molecule has 1 heterocycles. The number of anilines is 1. The first-order valence-electron chi connectivity index (χ1n) is 9.44. The molecule has 0 bridgehead atoms. The van der Waals surface area contributed by atoms with Gasteiger partial charge in [-0.25, -0.2) is 0 Å². The molecule has 0 saturated heterocycles. The number of hydrogen-bond acceptors (Lipinski definition) is 3. The zero-order chi connectivity index (χ0) is 18.9. The lowest BCUT2D eigenvalue weighted by molar-refractivity contribution is 0.336. The van der Waals surface area contributed by atoms with Crippen LogP contribution in [0.3, 0.4) is 0 Å². The van der Waals surface area contributed by atoms with Crippen molar-refractivity contribution < 1.29 is 4.74 Å². The number of nitrogens with zero attached hydrogens (tertiary/aromatic N) is 2. The highest BCUT2D eigenvalue weighted by molar-refractivity contribution is 5.79. The predicted molar refractivity (Wildman–Crippen MR) is 112 cm³/mol. The fourth-order valence-electron chi connectivity index (χ4n) is 3.08. The van der Waals surface area contributed by atoms with Gasteiger partial charge in [0.2, 0.25) is 0 Å². The Morgan fingerprint density at radius 3 is 2.59 bits per heavy atom. The van der Waals surface area contributed by atoms with Crippen LogP contribution in [0.15, 0.2) is 65.7 Å². The molecule has 0 fully saturated rings. The van der Waals surface area contributed by atoms with Gasteiger partial charge >= 0.3 is 0 Å². The number of para-hydroxylation sites is 1. The van der Waals surface area contributed by atoms with Crippen LogP contribution in [0.2, 0.25) is 0 Å². The normalized spacial score (nSPS) is 13.7. The quantitative estimate of drug-likeness (QED) is 0.449. The van der Waals surface area contributed by atoms with E-state index < -0.39 is 0 Å². The van der Waals surface area contributed by atoms with Crippen molar-refractivity contribution in [2.45, 2.75) is 20.0 Å². The van der Waals surface area contributed by atoms with Crippen LogP contribution in [0.1, 0.15) is 18.1 Å². The highest BCUT2D eigenvalue weighted by Crippen LogP contribution is 2.19. The van der Waals surface area contributed by atoms with Crippen LogP contribution < -0.4 is 20.3 Å². The second-order valence-electron chi connectivity index (χ2n) is 6.37. The minimum Gasteiger partial charge on any atom is -0.494 e. The number of aliphatic imine (C=N–C) groups is 1. The second-order valence-corrected chi connectivity index (χ2v) is 6.37. The van der Waals surface area contributed by atoms with E-state index in [-0.39, 0.29) is 0 Å². The number of guanidine groups is 1. The summed E-state index contributed by atoms with van der Waals surface area (Å²) in [6.45, 7) is 6.01. The minimum absolute atomic E-state index is 0.660. The lowest BCUT2D eigenvalue weighted by Gasteiger charge is -2.19. The summed E-state index contributed by atoms with van der Waals surface area (Å²) in [4.78, 5) is 6.68. The van der Waals surface area contributed by atoms with Crippen molar-refractivity contribution in [2.24, 2.45) is 4.99 Å². The summed E-state index contributed by atoms with van der Waals surface area (Å²) in [5, 5.41) is 6.75. The number of ether oxygens (including phenoxy) is 1. The summed E-state index contributed by atoms with van der Waals surface area (Å²) in [6.07, 6.45) is 4.41. The maximum absolute atomic E-state index is 5.68. The summed E-state index contributed by atoms with van der Waals surface area (Å²) in [7, 11) is 1.79. The highest BCUT2D eigenvalue weighted by Gasteiger charge is 2.08. The standard InChI is InChI=1S/C22H28N4O/c1-3-27-21-12-5-4-10-19(21)17-25-22(23-2)24-16-18-9-8-11-20(15-18)26-13-6-7-14-26/h4-12,15H,3,13-14,16-17H2,1-2H3,(H2,23,24,25). The number of nitrogens with one attached hydrogen (secondary N) is 2. The third kappa shape index (κ3) is 5.26. The molecule has 2 aromatic rings. The molecule has 1 aliphatic heterocycles. The van der Waals surface area contributed by atoms with E-state index in [1.807, 2.05) is 25.1 Å². The summed E-state index contributed by atoms with van der Waals surface area (Å²) in [5.74, 6) is 1.68.